The van der Waals surface area contributed by atoms with Gasteiger partial charge in [0, 0.05) is 49.0 Å². The number of piperazine rings is 1. The molecule has 0 bridgehead atoms. The van der Waals surface area contributed by atoms with Gasteiger partial charge < -0.3 is 4.90 Å². The van der Waals surface area contributed by atoms with Crippen LogP contribution in [0.15, 0.2) is 29.8 Å². The van der Waals surface area contributed by atoms with Crippen molar-refractivity contribution in [2.45, 2.75) is 6.92 Å². The van der Waals surface area contributed by atoms with Crippen LogP contribution in [-0.4, -0.2) is 37.6 Å². The molecule has 0 N–H and O–H groups in total. The molecule has 0 aliphatic carbocycles. The van der Waals surface area contributed by atoms with Gasteiger partial charge in [0.05, 0.1) is 0 Å². The van der Waals surface area contributed by atoms with E-state index in [1.54, 1.807) is 5.54 Å². The minimum absolute atomic E-state index is 0.808. The van der Waals surface area contributed by atoms with E-state index in [0.717, 1.165) is 37.7 Å². The predicted molar refractivity (Wildman–Crippen MR) is 79.8 cm³/mol. The van der Waals surface area contributed by atoms with Gasteiger partial charge in [-0.3, -0.25) is 4.90 Å². The molecule has 1 aliphatic rings. The highest BCUT2D eigenvalue weighted by Crippen LogP contribution is 2.25. The van der Waals surface area contributed by atoms with E-state index >= 15 is 0 Å². The molecule has 2 rings (SSSR count). The van der Waals surface area contributed by atoms with Crippen LogP contribution in [0.2, 0.25) is 5.02 Å². The van der Waals surface area contributed by atoms with E-state index in [1.165, 1.54) is 11.3 Å². The van der Waals surface area contributed by atoms with E-state index in [1.807, 2.05) is 12.1 Å². The van der Waals surface area contributed by atoms with Crippen LogP contribution in [0.3, 0.4) is 0 Å². The van der Waals surface area contributed by atoms with E-state index in [2.05, 4.69) is 28.9 Å². The lowest BCUT2D eigenvalue weighted by atomic mass is 10.1. The number of halogens is 2. The molecule has 1 heterocycles. The first kappa shape index (κ1) is 13.7. The molecule has 18 heavy (non-hydrogen) atoms. The van der Waals surface area contributed by atoms with Crippen molar-refractivity contribution >= 4 is 28.9 Å². The minimum atomic E-state index is 0.808. The fourth-order valence-corrected chi connectivity index (χ4v) is 2.53. The highest BCUT2D eigenvalue weighted by atomic mass is 35.5. The van der Waals surface area contributed by atoms with Crippen molar-refractivity contribution in [3.63, 3.8) is 0 Å². The lowest BCUT2D eigenvalue weighted by molar-refractivity contribution is 0.284. The van der Waals surface area contributed by atoms with Crippen molar-refractivity contribution in [3.8, 4) is 0 Å². The third kappa shape index (κ3) is 3.41. The molecule has 1 saturated heterocycles. The number of hydrogen-bond donors (Lipinski definition) is 0. The third-order valence-electron chi connectivity index (χ3n) is 3.34. The summed E-state index contributed by atoms with van der Waals surface area (Å²) in [5.74, 6) is 0. The number of rotatable bonds is 3. The maximum atomic E-state index is 6.07. The monoisotopic (exact) mass is 284 g/mol. The van der Waals surface area contributed by atoms with Gasteiger partial charge in [0.25, 0.3) is 0 Å². The van der Waals surface area contributed by atoms with E-state index in [0.29, 0.717) is 0 Å². The van der Waals surface area contributed by atoms with Crippen LogP contribution in [0.5, 0.6) is 0 Å². The van der Waals surface area contributed by atoms with Crippen LogP contribution >= 0.6 is 23.2 Å². The first-order chi connectivity index (χ1) is 8.70. The Morgan fingerprint density at radius 2 is 1.94 bits per heavy atom. The molecule has 1 aromatic carbocycles. The lowest BCUT2D eigenvalue weighted by Gasteiger charge is -2.36. The van der Waals surface area contributed by atoms with Gasteiger partial charge in [-0.25, -0.2) is 0 Å². The molecule has 0 amide bonds. The van der Waals surface area contributed by atoms with Crippen LogP contribution in [0.25, 0.3) is 0 Å². The number of benzene rings is 1. The summed E-state index contributed by atoms with van der Waals surface area (Å²) in [6, 6.07) is 6.09. The number of aryl methyl sites for hydroxylation is 1. The average molecular weight is 285 g/mol. The molecule has 1 aliphatic heterocycles. The van der Waals surface area contributed by atoms with Crippen LogP contribution in [-0.2, 0) is 0 Å². The highest BCUT2D eigenvalue weighted by molar-refractivity contribution is 6.30. The summed E-state index contributed by atoms with van der Waals surface area (Å²) in [6.45, 7) is 7.27. The second-order valence-corrected chi connectivity index (χ2v) is 5.27. The molecule has 98 valence electrons. The minimum Gasteiger partial charge on any atom is -0.369 e. The quantitative estimate of drug-likeness (QED) is 0.838. The lowest BCUT2D eigenvalue weighted by Crippen LogP contribution is -2.46. The Kier molecular flexibility index (Phi) is 4.93. The number of hydrogen-bond acceptors (Lipinski definition) is 2. The van der Waals surface area contributed by atoms with Gasteiger partial charge in [-0.1, -0.05) is 35.3 Å². The standard InChI is InChI=1S/C14H18Cl2N2/c1-12-3-4-13(16)11-14(12)18-9-7-17(8-10-18)6-2-5-15/h2-5,11H,6-10H2,1H3/b5-2+. The first-order valence-electron chi connectivity index (χ1n) is 6.19. The maximum Gasteiger partial charge on any atom is 0.0426 e. The Labute approximate surface area is 119 Å². The molecule has 0 saturated carbocycles. The van der Waals surface area contributed by atoms with Crippen molar-refractivity contribution in [2.24, 2.45) is 0 Å². The summed E-state index contributed by atoms with van der Waals surface area (Å²) in [5, 5.41) is 0.808. The summed E-state index contributed by atoms with van der Waals surface area (Å²) >= 11 is 11.6. The van der Waals surface area contributed by atoms with Crippen LogP contribution in [0.4, 0.5) is 5.69 Å². The largest absolute Gasteiger partial charge is 0.369 e. The zero-order valence-corrected chi connectivity index (χ0v) is 12.1. The normalized spacial score (nSPS) is 17.6. The van der Waals surface area contributed by atoms with E-state index in [-0.39, 0.29) is 0 Å². The molecule has 2 nitrogen and oxygen atoms in total. The molecule has 0 unspecified atom stereocenters. The van der Waals surface area contributed by atoms with Crippen molar-refractivity contribution in [1.29, 1.82) is 0 Å². The van der Waals surface area contributed by atoms with Crippen LogP contribution < -0.4 is 4.90 Å². The first-order valence-corrected chi connectivity index (χ1v) is 7.01. The molecule has 0 radical (unpaired) electrons. The Balaban J connectivity index is 1.98. The average Bonchev–Trinajstić information content (AvgIpc) is 2.40. The molecule has 1 aromatic rings. The van der Waals surface area contributed by atoms with Crippen molar-refractivity contribution in [2.75, 3.05) is 37.6 Å². The van der Waals surface area contributed by atoms with Crippen molar-refractivity contribution < 1.29 is 0 Å². The van der Waals surface area contributed by atoms with Gasteiger partial charge in [0.1, 0.15) is 0 Å². The smallest absolute Gasteiger partial charge is 0.0426 e. The van der Waals surface area contributed by atoms with Gasteiger partial charge >= 0.3 is 0 Å². The van der Waals surface area contributed by atoms with E-state index < -0.39 is 0 Å². The second kappa shape index (κ2) is 6.46. The molecule has 1 fully saturated rings. The zero-order valence-electron chi connectivity index (χ0n) is 10.6. The second-order valence-electron chi connectivity index (χ2n) is 4.58. The SMILES string of the molecule is Cc1ccc(Cl)cc1N1CCN(C/C=C/Cl)CC1. The maximum absolute atomic E-state index is 6.07. The van der Waals surface area contributed by atoms with Crippen LogP contribution in [0.1, 0.15) is 5.56 Å². The molecule has 0 spiro atoms. The van der Waals surface area contributed by atoms with Crippen molar-refractivity contribution in [1.82, 2.24) is 4.90 Å². The molecule has 0 aromatic heterocycles. The topological polar surface area (TPSA) is 6.48 Å². The fraction of sp³-hybridized carbons (Fsp3) is 0.429. The number of anilines is 1. The summed E-state index contributed by atoms with van der Waals surface area (Å²) in [4.78, 5) is 4.80. The van der Waals surface area contributed by atoms with Gasteiger partial charge in [-0.05, 0) is 24.6 Å². The summed E-state index contributed by atoms with van der Waals surface area (Å²) < 4.78 is 0. The van der Waals surface area contributed by atoms with E-state index in [4.69, 9.17) is 23.2 Å². The van der Waals surface area contributed by atoms with Gasteiger partial charge in [0.2, 0.25) is 0 Å². The molecular formula is C14H18Cl2N2. The molecule has 0 atom stereocenters. The third-order valence-corrected chi connectivity index (χ3v) is 3.75. The van der Waals surface area contributed by atoms with Gasteiger partial charge in [-0.15, -0.1) is 0 Å². The molecular weight excluding hydrogens is 267 g/mol. The summed E-state index contributed by atoms with van der Waals surface area (Å²) in [5.41, 5.74) is 4.14. The number of nitrogens with zero attached hydrogens (tertiary/aromatic N) is 2. The van der Waals surface area contributed by atoms with Crippen LogP contribution in [0, 0.1) is 6.92 Å². The zero-order chi connectivity index (χ0) is 13.0. The Morgan fingerprint density at radius 3 is 2.61 bits per heavy atom. The summed E-state index contributed by atoms with van der Waals surface area (Å²) in [6.07, 6.45) is 1.99. The Hall–Kier alpha value is -0.700. The van der Waals surface area contributed by atoms with Crippen molar-refractivity contribution in [3.05, 3.63) is 40.4 Å². The summed E-state index contributed by atoms with van der Waals surface area (Å²) in [7, 11) is 0. The Morgan fingerprint density at radius 1 is 1.22 bits per heavy atom. The predicted octanol–water partition coefficient (Wildman–Crippen LogP) is 3.52. The Bertz CT molecular complexity index is 424. The van der Waals surface area contributed by atoms with Gasteiger partial charge in [-0.2, -0.15) is 0 Å². The molecule has 4 heteroatoms. The highest BCUT2D eigenvalue weighted by Gasteiger charge is 2.17. The van der Waals surface area contributed by atoms with E-state index in [9.17, 15) is 0 Å². The fourth-order valence-electron chi connectivity index (χ4n) is 2.28. The van der Waals surface area contributed by atoms with Gasteiger partial charge in [0.15, 0.2) is 0 Å².